The molecule has 1 aliphatic heterocycles. The van der Waals surface area contributed by atoms with E-state index in [2.05, 4.69) is 34.6 Å². The molecule has 0 bridgehead atoms. The van der Waals surface area contributed by atoms with E-state index in [0.29, 0.717) is 32.1 Å². The van der Waals surface area contributed by atoms with Crippen LogP contribution in [0.3, 0.4) is 0 Å². The molecule has 0 amide bonds. The molecule has 266 valence electrons. The van der Waals surface area contributed by atoms with Crippen molar-refractivity contribution < 1.29 is 50.3 Å². The molecule has 5 fully saturated rings. The summed E-state index contributed by atoms with van der Waals surface area (Å²) in [5.74, 6) is -0.539. The lowest BCUT2D eigenvalue weighted by atomic mass is 9.34. The van der Waals surface area contributed by atoms with Crippen LogP contribution in [0.4, 0.5) is 0 Å². The second kappa shape index (κ2) is 12.0. The largest absolute Gasteiger partial charge is 0.394 e. The van der Waals surface area contributed by atoms with E-state index in [0.717, 1.165) is 12.8 Å². The first-order valence-corrected chi connectivity index (χ1v) is 17.5. The van der Waals surface area contributed by atoms with Crippen LogP contribution in [0.15, 0.2) is 12.2 Å². The first kappa shape index (κ1) is 36.6. The van der Waals surface area contributed by atoms with E-state index in [1.54, 1.807) is 19.9 Å². The number of aliphatic hydroxyl groups is 8. The third kappa shape index (κ3) is 5.64. The van der Waals surface area contributed by atoms with E-state index in [4.69, 9.17) is 9.47 Å². The van der Waals surface area contributed by atoms with Gasteiger partial charge in [-0.15, -0.1) is 0 Å². The Hall–Kier alpha value is -0.660. The normalized spacial score (nSPS) is 52.1. The summed E-state index contributed by atoms with van der Waals surface area (Å²) in [5, 5.41) is 87.5. The van der Waals surface area contributed by atoms with E-state index < -0.39 is 77.7 Å². The molecule has 46 heavy (non-hydrogen) atoms. The molecule has 0 aromatic heterocycles. The molecule has 16 atom stereocenters. The standard InChI is InChI=1S/C36H62O10/c1-31(2,43)12-9-13-36(8,44)19-10-15-34(6)25(19)21(45-30-28(42)27(41)26(40)22(18-37)46-30)16-23-33(5)14-11-24(39)32(3,4)29(33)20(38)17-35(23,34)7/h9,12,19-30,37-44H,10-11,13-18H2,1-8H3/b12-9+/t19?,20-,21+,22-,23?,24-,25?,26-,27+,28-,29?,30-,33+,34+,35+,36?/m0/s1. The first-order valence-electron chi connectivity index (χ1n) is 17.5. The molecule has 0 spiro atoms. The van der Waals surface area contributed by atoms with Crippen LogP contribution in [0.25, 0.3) is 0 Å². The zero-order chi connectivity index (χ0) is 34.4. The summed E-state index contributed by atoms with van der Waals surface area (Å²) >= 11 is 0. The van der Waals surface area contributed by atoms with Gasteiger partial charge in [-0.2, -0.15) is 0 Å². The van der Waals surface area contributed by atoms with Crippen molar-refractivity contribution in [3.8, 4) is 0 Å². The Balaban J connectivity index is 1.58. The molecule has 1 saturated heterocycles. The van der Waals surface area contributed by atoms with Crippen molar-refractivity contribution in [2.45, 2.75) is 161 Å². The summed E-state index contributed by atoms with van der Waals surface area (Å²) in [5.41, 5.74) is -3.78. The number of fused-ring (bicyclic) bond motifs is 5. The molecule has 10 nitrogen and oxygen atoms in total. The maximum absolute atomic E-state index is 12.1. The van der Waals surface area contributed by atoms with Crippen molar-refractivity contribution in [3.05, 3.63) is 12.2 Å². The molecular formula is C36H62O10. The Morgan fingerprint density at radius 3 is 2.13 bits per heavy atom. The highest BCUT2D eigenvalue weighted by Gasteiger charge is 2.73. The van der Waals surface area contributed by atoms with Crippen LogP contribution in [-0.2, 0) is 9.47 Å². The van der Waals surface area contributed by atoms with Gasteiger partial charge in [0, 0.05) is 0 Å². The van der Waals surface area contributed by atoms with Crippen molar-refractivity contribution in [1.82, 2.24) is 0 Å². The summed E-state index contributed by atoms with van der Waals surface area (Å²) < 4.78 is 12.6. The van der Waals surface area contributed by atoms with Crippen LogP contribution >= 0.6 is 0 Å². The molecule has 0 aromatic carbocycles. The summed E-state index contributed by atoms with van der Waals surface area (Å²) in [6.45, 7) is 15.6. The highest BCUT2D eigenvalue weighted by atomic mass is 16.7. The van der Waals surface area contributed by atoms with Gasteiger partial charge in [0.25, 0.3) is 0 Å². The molecule has 4 saturated carbocycles. The van der Waals surface area contributed by atoms with Crippen molar-refractivity contribution >= 4 is 0 Å². The molecule has 10 heteroatoms. The third-order valence-electron chi connectivity index (χ3n) is 14.2. The van der Waals surface area contributed by atoms with Gasteiger partial charge in [0.15, 0.2) is 6.29 Å². The van der Waals surface area contributed by atoms with Crippen LogP contribution in [0.2, 0.25) is 0 Å². The second-order valence-electron chi connectivity index (χ2n) is 17.9. The van der Waals surface area contributed by atoms with Gasteiger partial charge < -0.3 is 50.3 Å². The fraction of sp³-hybridized carbons (Fsp3) is 0.944. The Kier molecular flexibility index (Phi) is 9.55. The first-order chi connectivity index (χ1) is 21.0. The summed E-state index contributed by atoms with van der Waals surface area (Å²) in [4.78, 5) is 0. The summed E-state index contributed by atoms with van der Waals surface area (Å²) in [7, 11) is 0. The molecular weight excluding hydrogens is 592 g/mol. The Bertz CT molecular complexity index is 1130. The molecule has 8 N–H and O–H groups in total. The van der Waals surface area contributed by atoms with Crippen LogP contribution in [0.1, 0.15) is 100 Å². The smallest absolute Gasteiger partial charge is 0.186 e. The van der Waals surface area contributed by atoms with Gasteiger partial charge in [0.1, 0.15) is 24.4 Å². The van der Waals surface area contributed by atoms with Crippen LogP contribution in [0.5, 0.6) is 0 Å². The summed E-state index contributed by atoms with van der Waals surface area (Å²) in [6.07, 6.45) is -0.895. The third-order valence-corrected chi connectivity index (χ3v) is 14.2. The van der Waals surface area contributed by atoms with Gasteiger partial charge in [-0.1, -0.05) is 46.8 Å². The highest BCUT2D eigenvalue weighted by Crippen LogP contribution is 2.76. The fourth-order valence-corrected chi connectivity index (χ4v) is 11.8. The Morgan fingerprint density at radius 1 is 0.870 bits per heavy atom. The average Bonchev–Trinajstić information content (AvgIpc) is 3.31. The van der Waals surface area contributed by atoms with Crippen LogP contribution in [0, 0.1) is 45.3 Å². The van der Waals surface area contributed by atoms with Gasteiger partial charge >= 0.3 is 0 Å². The van der Waals surface area contributed by atoms with E-state index in [-0.39, 0.29) is 34.5 Å². The molecule has 0 aromatic rings. The van der Waals surface area contributed by atoms with Crippen LogP contribution < -0.4 is 0 Å². The second-order valence-corrected chi connectivity index (χ2v) is 17.9. The number of hydrogen-bond acceptors (Lipinski definition) is 10. The Morgan fingerprint density at radius 2 is 1.52 bits per heavy atom. The number of ether oxygens (including phenoxy) is 2. The highest BCUT2D eigenvalue weighted by molar-refractivity contribution is 5.22. The topological polar surface area (TPSA) is 180 Å². The number of hydrogen-bond donors (Lipinski definition) is 8. The van der Waals surface area contributed by atoms with E-state index in [1.165, 1.54) is 0 Å². The molecule has 4 aliphatic carbocycles. The van der Waals surface area contributed by atoms with Crippen molar-refractivity contribution in [3.63, 3.8) is 0 Å². The molecule has 0 radical (unpaired) electrons. The minimum absolute atomic E-state index is 0.0649. The van der Waals surface area contributed by atoms with Crippen LogP contribution in [-0.4, -0.2) is 108 Å². The zero-order valence-electron chi connectivity index (χ0n) is 29.1. The maximum Gasteiger partial charge on any atom is 0.186 e. The van der Waals surface area contributed by atoms with E-state index in [9.17, 15) is 40.9 Å². The van der Waals surface area contributed by atoms with E-state index >= 15 is 0 Å². The van der Waals surface area contributed by atoms with E-state index in [1.807, 2.05) is 13.0 Å². The SMILES string of the molecule is CC(C)(O)/C=C/CC(C)(O)C1CC[C@]2(C)C1[C@H](O[C@H]1O[C@@H](CO)[C@H](O)[C@@H](O)[C@@H]1O)CC1[C@@]3(C)CC[C@H](O)C(C)(C)C3[C@@H](O)C[C@]12C. The fourth-order valence-electron chi connectivity index (χ4n) is 11.8. The number of rotatable bonds is 7. The van der Waals surface area contributed by atoms with Crippen molar-refractivity contribution in [1.29, 1.82) is 0 Å². The van der Waals surface area contributed by atoms with Gasteiger partial charge in [-0.3, -0.25) is 0 Å². The van der Waals surface area contributed by atoms with Gasteiger partial charge in [-0.25, -0.2) is 0 Å². The quantitative estimate of drug-likeness (QED) is 0.150. The lowest BCUT2D eigenvalue weighted by Crippen LogP contribution is -2.70. The molecule has 5 rings (SSSR count). The minimum atomic E-state index is -1.57. The molecule has 5 unspecified atom stereocenters. The average molecular weight is 655 g/mol. The van der Waals surface area contributed by atoms with Gasteiger partial charge in [0.05, 0.1) is 36.1 Å². The molecule has 5 aliphatic rings. The minimum Gasteiger partial charge on any atom is -0.394 e. The zero-order valence-corrected chi connectivity index (χ0v) is 29.1. The number of aliphatic hydroxyl groups excluding tert-OH is 6. The monoisotopic (exact) mass is 654 g/mol. The molecule has 1 heterocycles. The lowest BCUT2D eigenvalue weighted by Gasteiger charge is -2.71. The van der Waals surface area contributed by atoms with Gasteiger partial charge in [-0.05, 0) is 111 Å². The predicted octanol–water partition coefficient (Wildman–Crippen LogP) is 2.27. The van der Waals surface area contributed by atoms with Crippen molar-refractivity contribution in [2.75, 3.05) is 6.61 Å². The summed E-state index contributed by atoms with van der Waals surface area (Å²) in [6, 6.07) is 0. The lowest BCUT2D eigenvalue weighted by molar-refractivity contribution is -0.339. The van der Waals surface area contributed by atoms with Gasteiger partial charge in [0.2, 0.25) is 0 Å². The predicted molar refractivity (Wildman–Crippen MR) is 171 cm³/mol. The maximum atomic E-state index is 12.1. The van der Waals surface area contributed by atoms with Crippen molar-refractivity contribution in [2.24, 2.45) is 45.3 Å². The Labute approximate surface area is 274 Å².